The number of aromatic nitrogens is 5. The van der Waals surface area contributed by atoms with Crippen molar-refractivity contribution in [3.8, 4) is 11.5 Å². The Kier molecular flexibility index (Phi) is 3.09. The van der Waals surface area contributed by atoms with Gasteiger partial charge in [-0.3, -0.25) is 4.98 Å². The predicted molar refractivity (Wildman–Crippen MR) is 88.2 cm³/mol. The summed E-state index contributed by atoms with van der Waals surface area (Å²) in [5.41, 5.74) is 8.14. The van der Waals surface area contributed by atoms with Gasteiger partial charge in [0, 0.05) is 24.3 Å². The van der Waals surface area contributed by atoms with Crippen LogP contribution in [0.1, 0.15) is 0 Å². The highest BCUT2D eigenvalue weighted by Crippen LogP contribution is 2.23. The van der Waals surface area contributed by atoms with Crippen LogP contribution in [0.15, 0.2) is 61.1 Å². The Bertz CT molecular complexity index is 963. The van der Waals surface area contributed by atoms with Crippen LogP contribution in [0.2, 0.25) is 0 Å². The van der Waals surface area contributed by atoms with E-state index in [1.54, 1.807) is 23.0 Å². The van der Waals surface area contributed by atoms with Gasteiger partial charge >= 0.3 is 0 Å². The third-order valence-electron chi connectivity index (χ3n) is 3.33. The normalized spacial score (nSPS) is 10.8. The van der Waals surface area contributed by atoms with Crippen LogP contribution in [-0.2, 0) is 0 Å². The second kappa shape index (κ2) is 5.38. The lowest BCUT2D eigenvalue weighted by atomic mass is 10.3. The summed E-state index contributed by atoms with van der Waals surface area (Å²) >= 11 is 0. The summed E-state index contributed by atoms with van der Waals surface area (Å²) in [6.45, 7) is 0. The molecule has 0 aliphatic rings. The van der Waals surface area contributed by atoms with E-state index in [9.17, 15) is 0 Å². The Morgan fingerprint density at radius 2 is 1.83 bits per heavy atom. The third kappa shape index (κ3) is 2.55. The number of fused-ring (bicyclic) bond motifs is 1. The molecule has 3 N–H and O–H groups in total. The molecule has 0 atom stereocenters. The summed E-state index contributed by atoms with van der Waals surface area (Å²) < 4.78 is 1.76. The monoisotopic (exact) mass is 303 g/mol. The molecule has 0 amide bonds. The Labute approximate surface area is 131 Å². The zero-order valence-electron chi connectivity index (χ0n) is 12.1. The maximum absolute atomic E-state index is 5.75. The highest BCUT2D eigenvalue weighted by atomic mass is 15.3. The van der Waals surface area contributed by atoms with Crippen LogP contribution in [0.5, 0.6) is 0 Å². The number of nitrogens with one attached hydrogen (secondary N) is 1. The molecule has 0 aliphatic heterocycles. The summed E-state index contributed by atoms with van der Waals surface area (Å²) in [6, 6.07) is 13.0. The van der Waals surface area contributed by atoms with Crippen molar-refractivity contribution in [2.45, 2.75) is 0 Å². The number of nitrogens with zero attached hydrogens (tertiary/aromatic N) is 5. The van der Waals surface area contributed by atoms with Crippen molar-refractivity contribution in [2.24, 2.45) is 0 Å². The SMILES string of the molecule is Nc1cccc(-c2nc(Nc3ccncc3)c3cccn3n2)n1. The van der Waals surface area contributed by atoms with E-state index in [-0.39, 0.29) is 0 Å². The van der Waals surface area contributed by atoms with Crippen LogP contribution in [0, 0.1) is 0 Å². The molecule has 0 bridgehead atoms. The molecule has 112 valence electrons. The Morgan fingerprint density at radius 1 is 0.957 bits per heavy atom. The van der Waals surface area contributed by atoms with Gasteiger partial charge in [-0.15, -0.1) is 5.10 Å². The number of hydrogen-bond acceptors (Lipinski definition) is 6. The molecule has 23 heavy (non-hydrogen) atoms. The molecule has 4 heterocycles. The van der Waals surface area contributed by atoms with Gasteiger partial charge in [0.05, 0.1) is 0 Å². The molecule has 0 unspecified atom stereocenters. The van der Waals surface area contributed by atoms with Crippen molar-refractivity contribution >= 4 is 22.8 Å². The van der Waals surface area contributed by atoms with Crippen LogP contribution in [-0.4, -0.2) is 24.6 Å². The fraction of sp³-hybridized carbons (Fsp3) is 0. The first-order valence-corrected chi connectivity index (χ1v) is 7.05. The number of pyridine rings is 2. The maximum Gasteiger partial charge on any atom is 0.200 e. The van der Waals surface area contributed by atoms with Gasteiger partial charge in [-0.2, -0.15) is 0 Å². The fourth-order valence-electron chi connectivity index (χ4n) is 2.28. The summed E-state index contributed by atoms with van der Waals surface area (Å²) in [5, 5.41) is 7.77. The molecule has 4 aromatic rings. The molecule has 0 fully saturated rings. The second-order valence-corrected chi connectivity index (χ2v) is 4.93. The van der Waals surface area contributed by atoms with Crippen molar-refractivity contribution in [2.75, 3.05) is 11.1 Å². The fourth-order valence-corrected chi connectivity index (χ4v) is 2.28. The van der Waals surface area contributed by atoms with Crippen molar-refractivity contribution in [1.82, 2.24) is 24.6 Å². The minimum Gasteiger partial charge on any atom is -0.384 e. The van der Waals surface area contributed by atoms with E-state index in [1.165, 1.54) is 0 Å². The van der Waals surface area contributed by atoms with Gasteiger partial charge in [-0.05, 0) is 36.4 Å². The average Bonchev–Trinajstić information content (AvgIpc) is 3.05. The average molecular weight is 303 g/mol. The standard InChI is InChI=1S/C16H13N7/c17-14-5-1-3-12(20-14)15-21-16(13-4-2-10-23(13)22-15)19-11-6-8-18-9-7-11/h1-10H,(H2,17,20)(H,18,19,21,22). The first-order valence-electron chi connectivity index (χ1n) is 7.05. The highest BCUT2D eigenvalue weighted by molar-refractivity contribution is 5.74. The summed E-state index contributed by atoms with van der Waals surface area (Å²) in [6.07, 6.45) is 5.31. The molecule has 0 spiro atoms. The topological polar surface area (TPSA) is 94.0 Å². The van der Waals surface area contributed by atoms with Crippen molar-refractivity contribution in [3.63, 3.8) is 0 Å². The van der Waals surface area contributed by atoms with Gasteiger partial charge < -0.3 is 11.1 Å². The molecule has 0 saturated heterocycles. The third-order valence-corrected chi connectivity index (χ3v) is 3.33. The van der Waals surface area contributed by atoms with Gasteiger partial charge in [0.1, 0.15) is 17.0 Å². The Morgan fingerprint density at radius 3 is 2.65 bits per heavy atom. The van der Waals surface area contributed by atoms with E-state index in [4.69, 9.17) is 5.73 Å². The molecule has 0 radical (unpaired) electrons. The van der Waals surface area contributed by atoms with Gasteiger partial charge in [0.15, 0.2) is 5.82 Å². The minimum atomic E-state index is 0.433. The number of anilines is 3. The number of nitrogen functional groups attached to an aromatic ring is 1. The largest absolute Gasteiger partial charge is 0.384 e. The molecule has 0 aromatic carbocycles. The van der Waals surface area contributed by atoms with Crippen LogP contribution in [0.4, 0.5) is 17.3 Å². The molecular formula is C16H13N7. The molecule has 7 nitrogen and oxygen atoms in total. The predicted octanol–water partition coefficient (Wildman–Crippen LogP) is 2.51. The molecule has 0 aliphatic carbocycles. The van der Waals surface area contributed by atoms with Crippen molar-refractivity contribution < 1.29 is 0 Å². The first-order chi connectivity index (χ1) is 11.3. The molecular weight excluding hydrogens is 290 g/mol. The van der Waals surface area contributed by atoms with E-state index >= 15 is 0 Å². The van der Waals surface area contributed by atoms with Gasteiger partial charge in [-0.1, -0.05) is 6.07 Å². The van der Waals surface area contributed by atoms with Crippen LogP contribution >= 0.6 is 0 Å². The van der Waals surface area contributed by atoms with Gasteiger partial charge in [0.2, 0.25) is 5.82 Å². The van der Waals surface area contributed by atoms with E-state index in [1.807, 2.05) is 42.6 Å². The van der Waals surface area contributed by atoms with E-state index in [2.05, 4.69) is 25.4 Å². The minimum absolute atomic E-state index is 0.433. The Balaban J connectivity index is 1.84. The summed E-state index contributed by atoms with van der Waals surface area (Å²) in [4.78, 5) is 12.9. The lowest BCUT2D eigenvalue weighted by Gasteiger charge is -2.09. The second-order valence-electron chi connectivity index (χ2n) is 4.93. The lowest BCUT2D eigenvalue weighted by Crippen LogP contribution is -2.04. The maximum atomic E-state index is 5.75. The zero-order chi connectivity index (χ0) is 15.6. The van der Waals surface area contributed by atoms with Crippen molar-refractivity contribution in [3.05, 3.63) is 61.1 Å². The molecule has 0 saturated carbocycles. The molecule has 4 aromatic heterocycles. The Hall–Kier alpha value is -3.48. The number of hydrogen-bond donors (Lipinski definition) is 2. The van der Waals surface area contributed by atoms with E-state index in [0.717, 1.165) is 11.2 Å². The van der Waals surface area contributed by atoms with Crippen molar-refractivity contribution in [1.29, 1.82) is 0 Å². The smallest absolute Gasteiger partial charge is 0.200 e. The van der Waals surface area contributed by atoms with E-state index < -0.39 is 0 Å². The first kappa shape index (κ1) is 13.2. The van der Waals surface area contributed by atoms with Crippen LogP contribution in [0.3, 0.4) is 0 Å². The quantitative estimate of drug-likeness (QED) is 0.604. The van der Waals surface area contributed by atoms with Crippen LogP contribution < -0.4 is 11.1 Å². The van der Waals surface area contributed by atoms with E-state index in [0.29, 0.717) is 23.2 Å². The summed E-state index contributed by atoms with van der Waals surface area (Å²) in [5.74, 6) is 1.62. The van der Waals surface area contributed by atoms with Gasteiger partial charge in [-0.25, -0.2) is 14.5 Å². The van der Waals surface area contributed by atoms with Gasteiger partial charge in [0.25, 0.3) is 0 Å². The molecule has 7 heteroatoms. The highest BCUT2D eigenvalue weighted by Gasteiger charge is 2.11. The summed E-state index contributed by atoms with van der Waals surface area (Å²) in [7, 11) is 0. The number of rotatable bonds is 3. The van der Waals surface area contributed by atoms with Crippen LogP contribution in [0.25, 0.3) is 17.0 Å². The zero-order valence-corrected chi connectivity index (χ0v) is 12.1. The number of nitrogens with two attached hydrogens (primary N) is 1. The lowest BCUT2D eigenvalue weighted by molar-refractivity contribution is 0.910. The molecule has 4 rings (SSSR count).